The number of rotatable bonds is 8. The van der Waals surface area contributed by atoms with E-state index in [9.17, 15) is 4.79 Å². The molecule has 0 aliphatic heterocycles. The molecule has 156 valence electrons. The number of hydrogen-bond donors (Lipinski definition) is 1. The fourth-order valence-corrected chi connectivity index (χ4v) is 3.74. The number of aromatic nitrogens is 2. The minimum Gasteiger partial charge on any atom is -0.493 e. The maximum Gasteiger partial charge on any atom is 0.233 e. The van der Waals surface area contributed by atoms with Gasteiger partial charge in [-0.1, -0.05) is 48.2 Å². The lowest BCUT2D eigenvalue weighted by molar-refractivity contribution is -0.120. The van der Waals surface area contributed by atoms with Crippen molar-refractivity contribution in [3.05, 3.63) is 65.9 Å². The van der Waals surface area contributed by atoms with Crippen molar-refractivity contribution in [1.82, 2.24) is 15.3 Å². The summed E-state index contributed by atoms with van der Waals surface area (Å²) in [5, 5.41) is 3.21. The highest BCUT2D eigenvalue weighted by Crippen LogP contribution is 2.28. The molecule has 6 nitrogen and oxygen atoms in total. The van der Waals surface area contributed by atoms with Gasteiger partial charge < -0.3 is 14.8 Å². The molecule has 2 aromatic carbocycles. The monoisotopic (exact) mass is 423 g/mol. The number of methoxy groups -OCH3 is 2. The number of carbonyl (C=O) groups is 1. The second-order valence-corrected chi connectivity index (χ2v) is 8.02. The van der Waals surface area contributed by atoms with Crippen LogP contribution in [0, 0.1) is 6.92 Å². The lowest BCUT2D eigenvalue weighted by Crippen LogP contribution is -2.30. The molecule has 1 atom stereocenters. The van der Waals surface area contributed by atoms with E-state index in [0.717, 1.165) is 22.5 Å². The van der Waals surface area contributed by atoms with Gasteiger partial charge in [0.05, 0.1) is 25.2 Å². The third kappa shape index (κ3) is 5.51. The van der Waals surface area contributed by atoms with Crippen molar-refractivity contribution in [2.45, 2.75) is 30.8 Å². The first-order valence-electron chi connectivity index (χ1n) is 9.56. The van der Waals surface area contributed by atoms with E-state index in [1.807, 2.05) is 68.4 Å². The average molecular weight is 424 g/mol. The first kappa shape index (κ1) is 21.6. The Morgan fingerprint density at radius 1 is 1.03 bits per heavy atom. The van der Waals surface area contributed by atoms with Crippen molar-refractivity contribution >= 4 is 17.7 Å². The maximum atomic E-state index is 12.6. The molecule has 0 aliphatic carbocycles. The lowest BCUT2D eigenvalue weighted by atomic mass is 10.1. The summed E-state index contributed by atoms with van der Waals surface area (Å²) in [4.78, 5) is 21.7. The predicted molar refractivity (Wildman–Crippen MR) is 119 cm³/mol. The van der Waals surface area contributed by atoms with E-state index in [1.54, 1.807) is 14.2 Å². The van der Waals surface area contributed by atoms with Gasteiger partial charge >= 0.3 is 0 Å². The average Bonchev–Trinajstić information content (AvgIpc) is 2.77. The van der Waals surface area contributed by atoms with Crippen LogP contribution in [0.15, 0.2) is 59.8 Å². The molecule has 0 saturated carbocycles. The number of ether oxygens (including phenoxy) is 2. The van der Waals surface area contributed by atoms with Crippen molar-refractivity contribution in [2.24, 2.45) is 0 Å². The van der Waals surface area contributed by atoms with Gasteiger partial charge in [0.2, 0.25) is 5.91 Å². The zero-order chi connectivity index (χ0) is 21.5. The van der Waals surface area contributed by atoms with E-state index in [4.69, 9.17) is 9.47 Å². The summed E-state index contributed by atoms with van der Waals surface area (Å²) in [6.45, 7) is 4.18. The molecule has 0 bridgehead atoms. The second-order valence-electron chi connectivity index (χ2n) is 6.71. The smallest absolute Gasteiger partial charge is 0.233 e. The van der Waals surface area contributed by atoms with Gasteiger partial charge in [-0.2, -0.15) is 0 Å². The van der Waals surface area contributed by atoms with Gasteiger partial charge in [0.15, 0.2) is 16.7 Å². The van der Waals surface area contributed by atoms with Gasteiger partial charge in [-0.05, 0) is 37.6 Å². The van der Waals surface area contributed by atoms with Crippen molar-refractivity contribution in [2.75, 3.05) is 14.2 Å². The number of benzene rings is 2. The molecular weight excluding hydrogens is 398 g/mol. The van der Waals surface area contributed by atoms with Crippen LogP contribution in [0.2, 0.25) is 0 Å². The Morgan fingerprint density at radius 3 is 2.47 bits per heavy atom. The van der Waals surface area contributed by atoms with Crippen LogP contribution >= 0.6 is 11.8 Å². The Morgan fingerprint density at radius 2 is 1.77 bits per heavy atom. The van der Waals surface area contributed by atoms with Crippen molar-refractivity contribution < 1.29 is 14.3 Å². The largest absolute Gasteiger partial charge is 0.493 e. The van der Waals surface area contributed by atoms with Gasteiger partial charge in [-0.3, -0.25) is 4.79 Å². The minimum atomic E-state index is -0.337. The minimum absolute atomic E-state index is 0.0823. The van der Waals surface area contributed by atoms with Gasteiger partial charge in [-0.15, -0.1) is 0 Å². The number of nitrogens with one attached hydrogen (secondary N) is 1. The summed E-state index contributed by atoms with van der Waals surface area (Å²) in [6.07, 6.45) is 0. The molecule has 1 aromatic heterocycles. The Bertz CT molecular complexity index is 1010. The van der Waals surface area contributed by atoms with Crippen molar-refractivity contribution in [3.8, 4) is 22.8 Å². The molecule has 1 N–H and O–H groups in total. The topological polar surface area (TPSA) is 73.3 Å². The molecule has 0 aliphatic rings. The number of nitrogens with zero attached hydrogens (tertiary/aromatic N) is 2. The Hall–Kier alpha value is -3.06. The quantitative estimate of drug-likeness (QED) is 0.431. The number of carbonyl (C=O) groups excluding carboxylic acids is 1. The third-order valence-electron chi connectivity index (χ3n) is 4.47. The molecule has 0 spiro atoms. The molecule has 7 heteroatoms. The molecule has 1 heterocycles. The Labute approximate surface area is 181 Å². The fourth-order valence-electron chi connectivity index (χ4n) is 2.89. The summed E-state index contributed by atoms with van der Waals surface area (Å²) < 4.78 is 10.6. The Kier molecular flexibility index (Phi) is 7.30. The predicted octanol–water partition coefficient (Wildman–Crippen LogP) is 4.27. The number of amides is 1. The first-order chi connectivity index (χ1) is 14.5. The number of thioether (sulfide) groups is 1. The molecule has 30 heavy (non-hydrogen) atoms. The Balaban J connectivity index is 1.64. The molecule has 0 radical (unpaired) electrons. The molecular formula is C23H25N3O3S. The number of hydrogen-bond acceptors (Lipinski definition) is 6. The SMILES string of the molecule is COc1ccc(CNC(=O)[C@H](C)Sc2nc(C)cc(-c3ccccc3)n2)cc1OC. The van der Waals surface area contributed by atoms with Crippen LogP contribution in [-0.4, -0.2) is 35.3 Å². The molecule has 0 unspecified atom stereocenters. The van der Waals surface area contributed by atoms with E-state index in [2.05, 4.69) is 15.3 Å². The van der Waals surface area contributed by atoms with Crippen LogP contribution in [0.3, 0.4) is 0 Å². The molecule has 0 fully saturated rings. The van der Waals surface area contributed by atoms with Crippen molar-refractivity contribution in [3.63, 3.8) is 0 Å². The van der Waals surface area contributed by atoms with Gasteiger partial charge in [0, 0.05) is 17.8 Å². The first-order valence-corrected chi connectivity index (χ1v) is 10.4. The standard InChI is InChI=1S/C23H25N3O3S/c1-15-12-19(18-8-6-5-7-9-18)26-23(25-15)30-16(2)22(27)24-14-17-10-11-20(28-3)21(13-17)29-4/h5-13,16H,14H2,1-4H3,(H,24,27)/t16-/m0/s1. The molecule has 3 aromatic rings. The summed E-state index contributed by atoms with van der Waals surface area (Å²) in [5.41, 5.74) is 3.67. The molecule has 0 saturated heterocycles. The van der Waals surface area contributed by atoms with Gasteiger partial charge in [0.25, 0.3) is 0 Å². The zero-order valence-corrected chi connectivity index (χ0v) is 18.3. The highest BCUT2D eigenvalue weighted by Gasteiger charge is 2.17. The van der Waals surface area contributed by atoms with Crippen molar-refractivity contribution in [1.29, 1.82) is 0 Å². The van der Waals surface area contributed by atoms with Crippen LogP contribution < -0.4 is 14.8 Å². The van der Waals surface area contributed by atoms with Gasteiger partial charge in [-0.25, -0.2) is 9.97 Å². The second kappa shape index (κ2) is 10.1. The maximum absolute atomic E-state index is 12.6. The van der Waals surface area contributed by atoms with E-state index in [-0.39, 0.29) is 11.2 Å². The zero-order valence-electron chi connectivity index (χ0n) is 17.5. The van der Waals surface area contributed by atoms with E-state index in [0.29, 0.717) is 23.2 Å². The van der Waals surface area contributed by atoms with Crippen LogP contribution in [0.25, 0.3) is 11.3 Å². The highest BCUT2D eigenvalue weighted by molar-refractivity contribution is 8.00. The normalized spacial score (nSPS) is 11.6. The molecule has 3 rings (SSSR count). The summed E-state index contributed by atoms with van der Waals surface area (Å²) in [5.74, 6) is 1.21. The van der Waals surface area contributed by atoms with E-state index < -0.39 is 0 Å². The van der Waals surface area contributed by atoms with E-state index in [1.165, 1.54) is 11.8 Å². The van der Waals surface area contributed by atoms with Crippen LogP contribution in [-0.2, 0) is 11.3 Å². The van der Waals surface area contributed by atoms with Crippen LogP contribution in [0.4, 0.5) is 0 Å². The third-order valence-corrected chi connectivity index (χ3v) is 5.43. The summed E-state index contributed by atoms with van der Waals surface area (Å²) in [6, 6.07) is 17.5. The summed E-state index contributed by atoms with van der Waals surface area (Å²) >= 11 is 1.34. The molecule has 1 amide bonds. The fraction of sp³-hybridized carbons (Fsp3) is 0.261. The highest BCUT2D eigenvalue weighted by atomic mass is 32.2. The summed E-state index contributed by atoms with van der Waals surface area (Å²) in [7, 11) is 3.18. The van der Waals surface area contributed by atoms with Crippen LogP contribution in [0.1, 0.15) is 18.2 Å². The van der Waals surface area contributed by atoms with Gasteiger partial charge in [0.1, 0.15) is 0 Å². The number of aryl methyl sites for hydroxylation is 1. The lowest BCUT2D eigenvalue weighted by Gasteiger charge is -2.13. The van der Waals surface area contributed by atoms with E-state index >= 15 is 0 Å². The van der Waals surface area contributed by atoms with Crippen LogP contribution in [0.5, 0.6) is 11.5 Å².